The third-order valence-electron chi connectivity index (χ3n) is 3.22. The van der Waals surface area contributed by atoms with Crippen molar-refractivity contribution in [1.82, 2.24) is 5.32 Å². The lowest BCUT2D eigenvalue weighted by Gasteiger charge is -2.16. The van der Waals surface area contributed by atoms with E-state index in [0.29, 0.717) is 12.6 Å². The largest absolute Gasteiger partial charge is 0.488 e. The Hall–Kier alpha value is -1.80. The van der Waals surface area contributed by atoms with Gasteiger partial charge in [0.05, 0.1) is 0 Å². The number of hydrogen-bond acceptors (Lipinski definition) is 2. The third kappa shape index (κ3) is 4.10. The van der Waals surface area contributed by atoms with E-state index in [-0.39, 0.29) is 0 Å². The van der Waals surface area contributed by atoms with Crippen molar-refractivity contribution in [2.24, 2.45) is 0 Å². The molecule has 2 heteroatoms. The SMILES string of the molecule is Cc1cccc(CNC(C)C)c1OCc1ccccc1. The molecule has 2 aromatic carbocycles. The Bertz CT molecular complexity index is 534. The predicted molar refractivity (Wildman–Crippen MR) is 83.9 cm³/mol. The van der Waals surface area contributed by atoms with Gasteiger partial charge in [0, 0.05) is 18.2 Å². The fourth-order valence-electron chi connectivity index (χ4n) is 2.10. The van der Waals surface area contributed by atoms with E-state index < -0.39 is 0 Å². The Morgan fingerprint density at radius 2 is 1.75 bits per heavy atom. The van der Waals surface area contributed by atoms with Crippen LogP contribution in [0.5, 0.6) is 5.75 Å². The topological polar surface area (TPSA) is 21.3 Å². The molecule has 2 nitrogen and oxygen atoms in total. The van der Waals surface area contributed by atoms with Crippen LogP contribution in [0, 0.1) is 6.92 Å². The van der Waals surface area contributed by atoms with Crippen LogP contribution in [-0.4, -0.2) is 6.04 Å². The fraction of sp³-hybridized carbons (Fsp3) is 0.333. The maximum atomic E-state index is 6.05. The Morgan fingerprint density at radius 1 is 1.00 bits per heavy atom. The van der Waals surface area contributed by atoms with Gasteiger partial charge in [-0.1, -0.05) is 62.4 Å². The first kappa shape index (κ1) is 14.6. The Kier molecular flexibility index (Phi) is 5.19. The highest BCUT2D eigenvalue weighted by Gasteiger charge is 2.07. The Morgan fingerprint density at radius 3 is 2.45 bits per heavy atom. The molecule has 0 bridgehead atoms. The Labute approximate surface area is 121 Å². The van der Waals surface area contributed by atoms with Crippen molar-refractivity contribution in [2.75, 3.05) is 0 Å². The van der Waals surface area contributed by atoms with Crippen LogP contribution >= 0.6 is 0 Å². The molecule has 2 rings (SSSR count). The van der Waals surface area contributed by atoms with E-state index >= 15 is 0 Å². The van der Waals surface area contributed by atoms with Crippen molar-refractivity contribution in [3.05, 3.63) is 65.2 Å². The van der Waals surface area contributed by atoms with Crippen LogP contribution in [0.15, 0.2) is 48.5 Å². The summed E-state index contributed by atoms with van der Waals surface area (Å²) in [5.74, 6) is 1.00. The van der Waals surface area contributed by atoms with Crippen LogP contribution in [0.1, 0.15) is 30.5 Å². The minimum absolute atomic E-state index is 0.470. The van der Waals surface area contributed by atoms with Gasteiger partial charge in [0.25, 0.3) is 0 Å². The average Bonchev–Trinajstić information content (AvgIpc) is 2.45. The monoisotopic (exact) mass is 269 g/mol. The van der Waals surface area contributed by atoms with Crippen LogP contribution in [0.2, 0.25) is 0 Å². The van der Waals surface area contributed by atoms with Crippen molar-refractivity contribution in [3.8, 4) is 5.75 Å². The Balaban J connectivity index is 2.09. The number of rotatable bonds is 6. The number of hydrogen-bond donors (Lipinski definition) is 1. The molecule has 0 amide bonds. The van der Waals surface area contributed by atoms with E-state index in [1.165, 1.54) is 16.7 Å². The summed E-state index contributed by atoms with van der Waals surface area (Å²) >= 11 is 0. The quantitative estimate of drug-likeness (QED) is 0.853. The summed E-state index contributed by atoms with van der Waals surface area (Å²) < 4.78 is 6.05. The molecule has 0 spiro atoms. The van der Waals surface area contributed by atoms with Gasteiger partial charge in [-0.15, -0.1) is 0 Å². The van der Waals surface area contributed by atoms with E-state index in [4.69, 9.17) is 4.74 Å². The van der Waals surface area contributed by atoms with Gasteiger partial charge in [-0.25, -0.2) is 0 Å². The standard InChI is InChI=1S/C18H23NO/c1-14(2)19-12-17-11-7-8-15(3)18(17)20-13-16-9-5-4-6-10-16/h4-11,14,19H,12-13H2,1-3H3. The molecular weight excluding hydrogens is 246 g/mol. The van der Waals surface area contributed by atoms with Gasteiger partial charge < -0.3 is 10.1 Å². The summed E-state index contributed by atoms with van der Waals surface area (Å²) in [5, 5.41) is 3.45. The molecule has 0 unspecified atom stereocenters. The van der Waals surface area contributed by atoms with Crippen molar-refractivity contribution in [1.29, 1.82) is 0 Å². The van der Waals surface area contributed by atoms with Crippen LogP contribution in [0.3, 0.4) is 0 Å². The highest BCUT2D eigenvalue weighted by molar-refractivity contribution is 5.41. The lowest BCUT2D eigenvalue weighted by Crippen LogP contribution is -2.22. The summed E-state index contributed by atoms with van der Waals surface area (Å²) in [7, 11) is 0. The number of aryl methyl sites for hydroxylation is 1. The molecule has 0 heterocycles. The van der Waals surface area contributed by atoms with Crippen molar-refractivity contribution in [3.63, 3.8) is 0 Å². The summed E-state index contributed by atoms with van der Waals surface area (Å²) in [5.41, 5.74) is 3.59. The summed E-state index contributed by atoms with van der Waals surface area (Å²) in [6.07, 6.45) is 0. The second-order valence-electron chi connectivity index (χ2n) is 5.37. The molecule has 0 saturated carbocycles. The van der Waals surface area contributed by atoms with Crippen molar-refractivity contribution in [2.45, 2.75) is 40.0 Å². The smallest absolute Gasteiger partial charge is 0.127 e. The molecule has 0 fully saturated rings. The molecule has 0 aromatic heterocycles. The summed E-state index contributed by atoms with van der Waals surface area (Å²) in [6, 6.07) is 17.1. The van der Waals surface area contributed by atoms with Crippen LogP contribution in [0.25, 0.3) is 0 Å². The molecule has 106 valence electrons. The second-order valence-corrected chi connectivity index (χ2v) is 5.37. The molecule has 0 atom stereocenters. The van der Waals surface area contributed by atoms with Crippen molar-refractivity contribution < 1.29 is 4.74 Å². The zero-order valence-corrected chi connectivity index (χ0v) is 12.5. The third-order valence-corrected chi connectivity index (χ3v) is 3.22. The van der Waals surface area contributed by atoms with E-state index in [1.807, 2.05) is 18.2 Å². The van der Waals surface area contributed by atoms with Gasteiger partial charge in [-0.2, -0.15) is 0 Å². The molecule has 2 aromatic rings. The normalized spacial score (nSPS) is 10.8. The van der Waals surface area contributed by atoms with E-state index in [1.54, 1.807) is 0 Å². The lowest BCUT2D eigenvalue weighted by molar-refractivity contribution is 0.299. The van der Waals surface area contributed by atoms with Gasteiger partial charge in [-0.3, -0.25) is 0 Å². The van der Waals surface area contributed by atoms with E-state index in [2.05, 4.69) is 56.4 Å². The molecule has 1 N–H and O–H groups in total. The molecular formula is C18H23NO. The first-order valence-electron chi connectivity index (χ1n) is 7.15. The predicted octanol–water partition coefficient (Wildman–Crippen LogP) is 4.07. The first-order chi connectivity index (χ1) is 9.66. The molecule has 0 saturated heterocycles. The second kappa shape index (κ2) is 7.11. The van der Waals surface area contributed by atoms with Gasteiger partial charge in [0.2, 0.25) is 0 Å². The maximum absolute atomic E-state index is 6.05. The maximum Gasteiger partial charge on any atom is 0.127 e. The summed E-state index contributed by atoms with van der Waals surface area (Å²) in [4.78, 5) is 0. The molecule has 0 aliphatic rings. The van der Waals surface area contributed by atoms with Crippen LogP contribution < -0.4 is 10.1 Å². The molecule has 20 heavy (non-hydrogen) atoms. The number of nitrogens with one attached hydrogen (secondary N) is 1. The first-order valence-corrected chi connectivity index (χ1v) is 7.15. The van der Waals surface area contributed by atoms with Crippen LogP contribution in [0.4, 0.5) is 0 Å². The highest BCUT2D eigenvalue weighted by Crippen LogP contribution is 2.24. The molecule has 0 aliphatic carbocycles. The van der Waals surface area contributed by atoms with E-state index in [0.717, 1.165) is 12.3 Å². The zero-order chi connectivity index (χ0) is 14.4. The number of ether oxygens (including phenoxy) is 1. The minimum atomic E-state index is 0.470. The zero-order valence-electron chi connectivity index (χ0n) is 12.5. The number of benzene rings is 2. The number of para-hydroxylation sites is 1. The highest BCUT2D eigenvalue weighted by atomic mass is 16.5. The summed E-state index contributed by atoms with van der Waals surface area (Å²) in [6.45, 7) is 7.85. The average molecular weight is 269 g/mol. The molecule has 0 radical (unpaired) electrons. The van der Waals surface area contributed by atoms with E-state index in [9.17, 15) is 0 Å². The van der Waals surface area contributed by atoms with Gasteiger partial charge in [-0.05, 0) is 18.1 Å². The van der Waals surface area contributed by atoms with Crippen LogP contribution in [-0.2, 0) is 13.2 Å². The van der Waals surface area contributed by atoms with Gasteiger partial charge >= 0.3 is 0 Å². The fourth-order valence-corrected chi connectivity index (χ4v) is 2.10. The van der Waals surface area contributed by atoms with Gasteiger partial charge in [0.15, 0.2) is 0 Å². The minimum Gasteiger partial charge on any atom is -0.488 e. The lowest BCUT2D eigenvalue weighted by atomic mass is 10.1. The van der Waals surface area contributed by atoms with Gasteiger partial charge in [0.1, 0.15) is 12.4 Å². The molecule has 0 aliphatic heterocycles. The van der Waals surface area contributed by atoms with Crippen molar-refractivity contribution >= 4 is 0 Å².